The van der Waals surface area contributed by atoms with Crippen LogP contribution >= 0.6 is 0 Å². The normalized spacial score (nSPS) is 19.7. The summed E-state index contributed by atoms with van der Waals surface area (Å²) in [6.07, 6.45) is -3.55. The average molecular weight is 259 g/mol. The van der Waals surface area contributed by atoms with Gasteiger partial charge in [-0.2, -0.15) is 13.2 Å². The number of hydrogen-bond acceptors (Lipinski definition) is 2. The summed E-state index contributed by atoms with van der Waals surface area (Å²) in [4.78, 5) is 0. The summed E-state index contributed by atoms with van der Waals surface area (Å²) in [6.45, 7) is 1.55. The van der Waals surface area contributed by atoms with Gasteiger partial charge in [0.25, 0.3) is 0 Å². The zero-order valence-corrected chi connectivity index (χ0v) is 10.2. The molecule has 0 radical (unpaired) electrons. The van der Waals surface area contributed by atoms with Gasteiger partial charge in [-0.25, -0.2) is 0 Å². The summed E-state index contributed by atoms with van der Waals surface area (Å²) < 4.78 is 43.7. The summed E-state index contributed by atoms with van der Waals surface area (Å²) in [5, 5.41) is 3.06. The van der Waals surface area contributed by atoms with Crippen molar-refractivity contribution in [1.82, 2.24) is 5.32 Å². The third kappa shape index (κ3) is 2.67. The van der Waals surface area contributed by atoms with Crippen molar-refractivity contribution in [2.45, 2.75) is 25.1 Å². The molecule has 0 saturated heterocycles. The minimum Gasteiger partial charge on any atom is -0.385 e. The van der Waals surface area contributed by atoms with Gasteiger partial charge in [-0.1, -0.05) is 12.1 Å². The van der Waals surface area contributed by atoms with Gasteiger partial charge < -0.3 is 10.1 Å². The number of rotatable bonds is 3. The van der Waals surface area contributed by atoms with E-state index in [2.05, 4.69) is 5.32 Å². The Morgan fingerprint density at radius 1 is 1.39 bits per heavy atom. The summed E-state index contributed by atoms with van der Waals surface area (Å²) >= 11 is 0. The van der Waals surface area contributed by atoms with Crippen LogP contribution in [0.25, 0.3) is 0 Å². The Kier molecular flexibility index (Phi) is 3.92. The molecule has 0 amide bonds. The fraction of sp³-hybridized carbons (Fsp3) is 0.538. The lowest BCUT2D eigenvalue weighted by Crippen LogP contribution is -2.31. The van der Waals surface area contributed by atoms with Crippen molar-refractivity contribution in [2.24, 2.45) is 0 Å². The van der Waals surface area contributed by atoms with Crippen molar-refractivity contribution in [2.75, 3.05) is 20.3 Å². The molecule has 0 fully saturated rings. The van der Waals surface area contributed by atoms with E-state index < -0.39 is 11.7 Å². The summed E-state index contributed by atoms with van der Waals surface area (Å²) in [6, 6.07) is 4.44. The van der Waals surface area contributed by atoms with E-state index in [9.17, 15) is 13.2 Å². The molecule has 1 aliphatic rings. The van der Waals surface area contributed by atoms with Crippen LogP contribution in [0, 0.1) is 0 Å². The molecule has 0 bridgehead atoms. The molecule has 1 atom stereocenters. The van der Waals surface area contributed by atoms with Crippen molar-refractivity contribution in [3.8, 4) is 0 Å². The minimum absolute atomic E-state index is 0.0935. The molecule has 1 aliphatic heterocycles. The smallest absolute Gasteiger partial charge is 0.385 e. The predicted octanol–water partition coefficient (Wildman–Crippen LogP) is 2.93. The van der Waals surface area contributed by atoms with Gasteiger partial charge in [0.2, 0.25) is 0 Å². The monoisotopic (exact) mass is 259 g/mol. The van der Waals surface area contributed by atoms with Crippen LogP contribution in [0.1, 0.15) is 29.0 Å². The third-order valence-electron chi connectivity index (χ3n) is 3.32. The van der Waals surface area contributed by atoms with E-state index in [1.54, 1.807) is 13.2 Å². The fourth-order valence-electron chi connectivity index (χ4n) is 2.45. The second kappa shape index (κ2) is 5.28. The average Bonchev–Trinajstić information content (AvgIpc) is 2.34. The van der Waals surface area contributed by atoms with Crippen molar-refractivity contribution in [1.29, 1.82) is 0 Å². The molecule has 0 aromatic heterocycles. The van der Waals surface area contributed by atoms with Gasteiger partial charge in [0.15, 0.2) is 0 Å². The Labute approximate surface area is 104 Å². The van der Waals surface area contributed by atoms with Crippen LogP contribution in [-0.4, -0.2) is 20.3 Å². The molecule has 18 heavy (non-hydrogen) atoms. The summed E-state index contributed by atoms with van der Waals surface area (Å²) in [5.41, 5.74) is 0.674. The van der Waals surface area contributed by atoms with Gasteiger partial charge in [0.1, 0.15) is 0 Å². The fourth-order valence-corrected chi connectivity index (χ4v) is 2.45. The number of ether oxygens (including phenoxy) is 1. The Bertz CT molecular complexity index is 417. The molecule has 2 rings (SSSR count). The zero-order valence-electron chi connectivity index (χ0n) is 10.2. The molecule has 1 aromatic carbocycles. The highest BCUT2D eigenvalue weighted by Crippen LogP contribution is 2.37. The maximum atomic E-state index is 12.9. The molecule has 100 valence electrons. The standard InChI is InChI=1S/C13H16F3NO/c1-18-6-5-9-7-17-8-11-10(9)3-2-4-12(11)13(14,15)16/h2-4,9,17H,5-8H2,1H3. The van der Waals surface area contributed by atoms with Crippen LogP contribution in [0.15, 0.2) is 18.2 Å². The van der Waals surface area contributed by atoms with Gasteiger partial charge in [-0.3, -0.25) is 0 Å². The molecule has 1 aromatic rings. The molecular formula is C13H16F3NO. The van der Waals surface area contributed by atoms with Gasteiger partial charge in [-0.15, -0.1) is 0 Å². The van der Waals surface area contributed by atoms with E-state index in [0.717, 1.165) is 18.1 Å². The first-order valence-corrected chi connectivity index (χ1v) is 5.92. The maximum Gasteiger partial charge on any atom is 0.416 e. The molecule has 1 unspecified atom stereocenters. The summed E-state index contributed by atoms with van der Waals surface area (Å²) in [7, 11) is 1.60. The lowest BCUT2D eigenvalue weighted by atomic mass is 9.86. The quantitative estimate of drug-likeness (QED) is 0.901. The highest BCUT2D eigenvalue weighted by molar-refractivity contribution is 5.40. The molecule has 2 nitrogen and oxygen atoms in total. The largest absolute Gasteiger partial charge is 0.416 e. The lowest BCUT2D eigenvalue weighted by molar-refractivity contribution is -0.138. The molecular weight excluding hydrogens is 243 g/mol. The topological polar surface area (TPSA) is 21.3 Å². The summed E-state index contributed by atoms with van der Waals surface area (Å²) in [5.74, 6) is 0.0935. The van der Waals surface area contributed by atoms with Crippen LogP contribution in [0.4, 0.5) is 13.2 Å². The number of nitrogens with one attached hydrogen (secondary N) is 1. The van der Waals surface area contributed by atoms with Gasteiger partial charge in [-0.05, 0) is 29.5 Å². The minimum atomic E-state index is -4.28. The Balaban J connectivity index is 2.34. The number of alkyl halides is 3. The van der Waals surface area contributed by atoms with E-state index in [0.29, 0.717) is 18.7 Å². The van der Waals surface area contributed by atoms with Crippen molar-refractivity contribution < 1.29 is 17.9 Å². The number of hydrogen-bond donors (Lipinski definition) is 1. The number of benzene rings is 1. The van der Waals surface area contributed by atoms with Gasteiger partial charge in [0.05, 0.1) is 5.56 Å². The molecule has 5 heteroatoms. The van der Waals surface area contributed by atoms with Gasteiger partial charge in [0, 0.05) is 26.8 Å². The van der Waals surface area contributed by atoms with Crippen LogP contribution < -0.4 is 5.32 Å². The molecule has 1 N–H and O–H groups in total. The highest BCUT2D eigenvalue weighted by Gasteiger charge is 2.35. The molecule has 1 heterocycles. The first kappa shape index (κ1) is 13.4. The van der Waals surface area contributed by atoms with E-state index in [1.165, 1.54) is 6.07 Å². The number of fused-ring (bicyclic) bond motifs is 1. The number of halogens is 3. The second-order valence-corrected chi connectivity index (χ2v) is 4.48. The molecule has 0 spiro atoms. The van der Waals surface area contributed by atoms with Crippen LogP contribution in [-0.2, 0) is 17.5 Å². The first-order valence-electron chi connectivity index (χ1n) is 5.92. The van der Waals surface area contributed by atoms with E-state index in [-0.39, 0.29) is 12.5 Å². The first-order chi connectivity index (χ1) is 8.54. The number of methoxy groups -OCH3 is 1. The molecule has 0 saturated carbocycles. The van der Waals surface area contributed by atoms with E-state index in [1.807, 2.05) is 0 Å². The SMILES string of the molecule is COCCC1CNCc2c1cccc2C(F)(F)F. The zero-order chi connectivity index (χ0) is 13.2. The van der Waals surface area contributed by atoms with Crippen molar-refractivity contribution in [3.05, 3.63) is 34.9 Å². The maximum absolute atomic E-state index is 12.9. The van der Waals surface area contributed by atoms with Gasteiger partial charge >= 0.3 is 6.18 Å². The van der Waals surface area contributed by atoms with Crippen molar-refractivity contribution in [3.63, 3.8) is 0 Å². The predicted molar refractivity (Wildman–Crippen MR) is 62.4 cm³/mol. The van der Waals surface area contributed by atoms with Crippen molar-refractivity contribution >= 4 is 0 Å². The van der Waals surface area contributed by atoms with E-state index in [4.69, 9.17) is 4.74 Å². The Hall–Kier alpha value is -1.07. The lowest BCUT2D eigenvalue weighted by Gasteiger charge is -2.28. The van der Waals surface area contributed by atoms with Crippen LogP contribution in [0.5, 0.6) is 0 Å². The molecule has 0 aliphatic carbocycles. The third-order valence-corrected chi connectivity index (χ3v) is 3.32. The van der Waals surface area contributed by atoms with Crippen LogP contribution in [0.3, 0.4) is 0 Å². The Morgan fingerprint density at radius 2 is 2.17 bits per heavy atom. The van der Waals surface area contributed by atoms with Crippen LogP contribution in [0.2, 0.25) is 0 Å². The van der Waals surface area contributed by atoms with E-state index >= 15 is 0 Å². The highest BCUT2D eigenvalue weighted by atomic mass is 19.4. The Morgan fingerprint density at radius 3 is 2.83 bits per heavy atom. The second-order valence-electron chi connectivity index (χ2n) is 4.48.